The van der Waals surface area contributed by atoms with Gasteiger partial charge in [-0.2, -0.15) is 0 Å². The molecule has 3 rings (SSSR count). The summed E-state index contributed by atoms with van der Waals surface area (Å²) < 4.78 is 4.95. The van der Waals surface area contributed by atoms with Crippen LogP contribution in [0.5, 0.6) is 0 Å². The Morgan fingerprint density at radius 2 is 1.92 bits per heavy atom. The van der Waals surface area contributed by atoms with Crippen LogP contribution in [-0.2, 0) is 9.53 Å². The number of rotatable bonds is 6. The summed E-state index contributed by atoms with van der Waals surface area (Å²) in [7, 11) is 0. The number of cyclic esters (lactones) is 1. The molecular formula is C18H22N2O4. The first-order valence-electron chi connectivity index (χ1n) is 8.44. The maximum Gasteiger partial charge on any atom is 0.410 e. The first-order valence-corrected chi connectivity index (χ1v) is 8.44. The number of benzene rings is 1. The van der Waals surface area contributed by atoms with Gasteiger partial charge in [0.1, 0.15) is 6.61 Å². The molecule has 2 aliphatic heterocycles. The molecule has 1 aromatic rings. The third-order valence-electron chi connectivity index (χ3n) is 4.64. The van der Waals surface area contributed by atoms with Crippen LogP contribution < -0.4 is 0 Å². The molecule has 0 bridgehead atoms. The van der Waals surface area contributed by atoms with Gasteiger partial charge in [-0.05, 0) is 12.8 Å². The highest BCUT2D eigenvalue weighted by atomic mass is 16.6. The van der Waals surface area contributed by atoms with Crippen molar-refractivity contribution in [3.63, 3.8) is 0 Å². The molecule has 0 aliphatic carbocycles. The van der Waals surface area contributed by atoms with Gasteiger partial charge in [0, 0.05) is 31.5 Å². The molecule has 0 saturated carbocycles. The number of carbonyl (C=O) groups is 3. The van der Waals surface area contributed by atoms with Crippen molar-refractivity contribution in [2.45, 2.75) is 31.7 Å². The smallest absolute Gasteiger partial charge is 0.410 e. The topological polar surface area (TPSA) is 66.9 Å². The van der Waals surface area contributed by atoms with Gasteiger partial charge in [0.25, 0.3) is 0 Å². The van der Waals surface area contributed by atoms with E-state index >= 15 is 0 Å². The fraction of sp³-hybridized carbons (Fsp3) is 0.500. The third kappa shape index (κ3) is 3.75. The Kier molecular flexibility index (Phi) is 5.13. The van der Waals surface area contributed by atoms with Crippen molar-refractivity contribution < 1.29 is 19.1 Å². The van der Waals surface area contributed by atoms with E-state index in [4.69, 9.17) is 4.74 Å². The van der Waals surface area contributed by atoms with Crippen molar-refractivity contribution in [1.29, 1.82) is 0 Å². The van der Waals surface area contributed by atoms with Crippen molar-refractivity contribution in [1.82, 2.24) is 9.80 Å². The SMILES string of the molecule is O=C(CCCC(=O)N1CCC(N2CCOC2=O)C1)c1ccccc1. The molecule has 24 heavy (non-hydrogen) atoms. The average molecular weight is 330 g/mol. The van der Waals surface area contributed by atoms with Crippen LogP contribution in [0.4, 0.5) is 4.79 Å². The van der Waals surface area contributed by atoms with E-state index < -0.39 is 0 Å². The highest BCUT2D eigenvalue weighted by Gasteiger charge is 2.35. The van der Waals surface area contributed by atoms with E-state index in [0.29, 0.717) is 51.1 Å². The average Bonchev–Trinajstić information content (AvgIpc) is 3.24. The largest absolute Gasteiger partial charge is 0.448 e. The van der Waals surface area contributed by atoms with E-state index in [1.165, 1.54) is 0 Å². The number of nitrogens with zero attached hydrogens (tertiary/aromatic N) is 2. The second-order valence-electron chi connectivity index (χ2n) is 6.23. The number of likely N-dealkylation sites (tertiary alicyclic amines) is 1. The van der Waals surface area contributed by atoms with Gasteiger partial charge in [-0.25, -0.2) is 4.79 Å². The first kappa shape index (κ1) is 16.5. The predicted molar refractivity (Wildman–Crippen MR) is 87.7 cm³/mol. The van der Waals surface area contributed by atoms with E-state index in [1.807, 2.05) is 18.2 Å². The standard InChI is InChI=1S/C18H22N2O4/c21-16(14-5-2-1-3-6-14)7-4-8-17(22)19-10-9-15(13-19)20-11-12-24-18(20)23/h1-3,5-6,15H,4,7-13H2. The lowest BCUT2D eigenvalue weighted by molar-refractivity contribution is -0.130. The van der Waals surface area contributed by atoms with E-state index in [9.17, 15) is 14.4 Å². The summed E-state index contributed by atoms with van der Waals surface area (Å²) in [4.78, 5) is 39.4. The molecule has 0 aromatic heterocycles. The van der Waals surface area contributed by atoms with Gasteiger partial charge < -0.3 is 9.64 Å². The first-order chi connectivity index (χ1) is 11.6. The summed E-state index contributed by atoms with van der Waals surface area (Å²) in [5.74, 6) is 0.133. The monoisotopic (exact) mass is 330 g/mol. The van der Waals surface area contributed by atoms with Gasteiger partial charge in [-0.3, -0.25) is 14.5 Å². The highest BCUT2D eigenvalue weighted by molar-refractivity contribution is 5.96. The number of ether oxygens (including phenoxy) is 1. The Morgan fingerprint density at radius 3 is 2.62 bits per heavy atom. The van der Waals surface area contributed by atoms with Crippen molar-refractivity contribution in [3.8, 4) is 0 Å². The molecule has 2 fully saturated rings. The Morgan fingerprint density at radius 1 is 1.12 bits per heavy atom. The fourth-order valence-electron chi connectivity index (χ4n) is 3.29. The molecule has 0 radical (unpaired) electrons. The predicted octanol–water partition coefficient (Wildman–Crippen LogP) is 2.09. The molecular weight excluding hydrogens is 308 g/mol. The third-order valence-corrected chi connectivity index (χ3v) is 4.64. The zero-order chi connectivity index (χ0) is 16.9. The Hall–Kier alpha value is -2.37. The zero-order valence-electron chi connectivity index (χ0n) is 13.6. The maximum atomic E-state index is 12.3. The molecule has 0 N–H and O–H groups in total. The fourth-order valence-corrected chi connectivity index (χ4v) is 3.29. The minimum absolute atomic E-state index is 0.0610. The molecule has 6 nitrogen and oxygen atoms in total. The quantitative estimate of drug-likeness (QED) is 0.749. The Labute approximate surface area is 141 Å². The highest BCUT2D eigenvalue weighted by Crippen LogP contribution is 2.20. The molecule has 2 heterocycles. The summed E-state index contributed by atoms with van der Waals surface area (Å²) >= 11 is 0. The minimum atomic E-state index is -0.275. The molecule has 1 aromatic carbocycles. The van der Waals surface area contributed by atoms with Crippen LogP contribution >= 0.6 is 0 Å². The minimum Gasteiger partial charge on any atom is -0.448 e. The van der Waals surface area contributed by atoms with Crippen molar-refractivity contribution in [2.75, 3.05) is 26.2 Å². The molecule has 6 heteroatoms. The summed E-state index contributed by atoms with van der Waals surface area (Å²) in [5.41, 5.74) is 0.693. The summed E-state index contributed by atoms with van der Waals surface area (Å²) in [5, 5.41) is 0. The van der Waals surface area contributed by atoms with E-state index in [0.717, 1.165) is 6.42 Å². The Balaban J connectivity index is 1.41. The zero-order valence-corrected chi connectivity index (χ0v) is 13.6. The van der Waals surface area contributed by atoms with E-state index in [2.05, 4.69) is 0 Å². The lowest BCUT2D eigenvalue weighted by Crippen LogP contribution is -2.39. The molecule has 0 spiro atoms. The van der Waals surface area contributed by atoms with Crippen LogP contribution in [-0.4, -0.2) is 59.9 Å². The summed E-state index contributed by atoms with van der Waals surface area (Å²) in [6.07, 6.45) is 1.83. The van der Waals surface area contributed by atoms with Crippen LogP contribution in [0, 0.1) is 0 Å². The van der Waals surface area contributed by atoms with Gasteiger partial charge in [0.05, 0.1) is 12.6 Å². The normalized spacial score (nSPS) is 20.3. The molecule has 2 aliphatic rings. The van der Waals surface area contributed by atoms with Gasteiger partial charge in [-0.1, -0.05) is 30.3 Å². The molecule has 2 saturated heterocycles. The van der Waals surface area contributed by atoms with Crippen LogP contribution in [0.3, 0.4) is 0 Å². The van der Waals surface area contributed by atoms with Crippen molar-refractivity contribution in [3.05, 3.63) is 35.9 Å². The van der Waals surface area contributed by atoms with Gasteiger partial charge in [0.15, 0.2) is 5.78 Å². The van der Waals surface area contributed by atoms with E-state index in [-0.39, 0.29) is 23.8 Å². The molecule has 1 atom stereocenters. The number of hydrogen-bond donors (Lipinski definition) is 0. The molecule has 2 amide bonds. The number of carbonyl (C=O) groups excluding carboxylic acids is 3. The van der Waals surface area contributed by atoms with Crippen LogP contribution in [0.2, 0.25) is 0 Å². The lowest BCUT2D eigenvalue weighted by atomic mass is 10.1. The second-order valence-corrected chi connectivity index (χ2v) is 6.23. The van der Waals surface area contributed by atoms with Gasteiger partial charge in [0.2, 0.25) is 5.91 Å². The Bertz CT molecular complexity index is 617. The van der Waals surface area contributed by atoms with Gasteiger partial charge in [-0.15, -0.1) is 0 Å². The lowest BCUT2D eigenvalue weighted by Gasteiger charge is -2.21. The van der Waals surface area contributed by atoms with Crippen LogP contribution in [0.1, 0.15) is 36.0 Å². The maximum absolute atomic E-state index is 12.3. The van der Waals surface area contributed by atoms with Crippen LogP contribution in [0.15, 0.2) is 30.3 Å². The van der Waals surface area contributed by atoms with Crippen molar-refractivity contribution >= 4 is 17.8 Å². The van der Waals surface area contributed by atoms with Crippen molar-refractivity contribution in [2.24, 2.45) is 0 Å². The van der Waals surface area contributed by atoms with E-state index in [1.54, 1.807) is 21.9 Å². The summed E-state index contributed by atoms with van der Waals surface area (Å²) in [6.45, 7) is 2.28. The van der Waals surface area contributed by atoms with Crippen LogP contribution in [0.25, 0.3) is 0 Å². The number of Topliss-reactive ketones (excluding diaryl/α,β-unsaturated/α-hetero) is 1. The van der Waals surface area contributed by atoms with Gasteiger partial charge >= 0.3 is 6.09 Å². The summed E-state index contributed by atoms with van der Waals surface area (Å²) in [6, 6.07) is 9.21. The molecule has 1 unspecified atom stereocenters. The molecule has 128 valence electrons. The number of hydrogen-bond acceptors (Lipinski definition) is 4. The number of amides is 2. The second kappa shape index (κ2) is 7.47. The number of ketones is 1.